The van der Waals surface area contributed by atoms with Crippen LogP contribution in [0.15, 0.2) is 40.9 Å². The number of halogens is 1. The SMILES string of the molecule is Cc1nc(CSCC(=O)N2CCN(Cc3ccc(-c4ccccc4Cl)s3)CC2)no1. The van der Waals surface area contributed by atoms with Crippen molar-refractivity contribution in [1.82, 2.24) is 19.9 Å². The first-order valence-corrected chi connectivity index (χ1v) is 12.1. The number of aromatic nitrogens is 2. The van der Waals surface area contributed by atoms with Crippen molar-refractivity contribution in [3.63, 3.8) is 0 Å². The highest BCUT2D eigenvalue weighted by atomic mass is 35.5. The molecule has 1 amide bonds. The molecule has 3 aromatic rings. The minimum atomic E-state index is 0.178. The van der Waals surface area contributed by atoms with E-state index < -0.39 is 0 Å². The number of rotatable bonds is 7. The predicted molar refractivity (Wildman–Crippen MR) is 122 cm³/mol. The quantitative estimate of drug-likeness (QED) is 0.520. The summed E-state index contributed by atoms with van der Waals surface area (Å²) in [5, 5.41) is 4.64. The van der Waals surface area contributed by atoms with E-state index in [-0.39, 0.29) is 5.91 Å². The molecular weight excluding hydrogens is 440 g/mol. The fraction of sp³-hybridized carbons (Fsp3) is 0.381. The van der Waals surface area contributed by atoms with E-state index in [1.165, 1.54) is 21.5 Å². The maximum Gasteiger partial charge on any atom is 0.232 e. The molecule has 1 aliphatic heterocycles. The van der Waals surface area contributed by atoms with Crippen LogP contribution in [0, 0.1) is 6.92 Å². The Kier molecular flexibility index (Phi) is 7.09. The molecule has 0 atom stereocenters. The molecule has 1 fully saturated rings. The van der Waals surface area contributed by atoms with E-state index in [0.717, 1.165) is 43.3 Å². The van der Waals surface area contributed by atoms with Gasteiger partial charge in [0.05, 0.1) is 11.5 Å². The van der Waals surface area contributed by atoms with Gasteiger partial charge in [-0.1, -0.05) is 35.0 Å². The third-order valence-corrected chi connectivity index (χ3v) is 7.28. The van der Waals surface area contributed by atoms with E-state index in [4.69, 9.17) is 16.1 Å². The molecule has 1 aromatic carbocycles. The van der Waals surface area contributed by atoms with Crippen molar-refractivity contribution in [2.45, 2.75) is 19.2 Å². The van der Waals surface area contributed by atoms with Gasteiger partial charge in [-0.15, -0.1) is 23.1 Å². The van der Waals surface area contributed by atoms with Gasteiger partial charge in [0.1, 0.15) is 0 Å². The second-order valence-corrected chi connectivity index (χ2v) is 9.69. The van der Waals surface area contributed by atoms with Crippen LogP contribution in [0.2, 0.25) is 5.02 Å². The zero-order valence-corrected chi connectivity index (χ0v) is 19.1. The summed E-state index contributed by atoms with van der Waals surface area (Å²) in [5.74, 6) is 2.41. The first-order chi connectivity index (χ1) is 14.6. The molecule has 1 saturated heterocycles. The first-order valence-electron chi connectivity index (χ1n) is 9.79. The van der Waals surface area contributed by atoms with Crippen LogP contribution in [0.5, 0.6) is 0 Å². The zero-order chi connectivity index (χ0) is 20.9. The summed E-state index contributed by atoms with van der Waals surface area (Å²) in [5.41, 5.74) is 1.08. The van der Waals surface area contributed by atoms with Gasteiger partial charge in [-0.3, -0.25) is 9.69 Å². The third kappa shape index (κ3) is 5.43. The fourth-order valence-corrected chi connectivity index (χ4v) is 5.51. The fourth-order valence-electron chi connectivity index (χ4n) is 3.37. The van der Waals surface area contributed by atoms with Crippen LogP contribution in [0.4, 0.5) is 0 Å². The molecule has 158 valence electrons. The Bertz CT molecular complexity index is 998. The van der Waals surface area contributed by atoms with E-state index >= 15 is 0 Å². The first kappa shape index (κ1) is 21.4. The zero-order valence-electron chi connectivity index (χ0n) is 16.7. The molecule has 0 saturated carbocycles. The number of carbonyl (C=O) groups is 1. The average Bonchev–Trinajstić information content (AvgIpc) is 3.38. The van der Waals surface area contributed by atoms with Gasteiger partial charge in [-0.05, 0) is 18.2 Å². The number of carbonyl (C=O) groups excluding carboxylic acids is 1. The molecule has 0 spiro atoms. The summed E-state index contributed by atoms with van der Waals surface area (Å²) in [6, 6.07) is 12.3. The predicted octanol–water partition coefficient (Wildman–Crippen LogP) is 4.34. The highest BCUT2D eigenvalue weighted by molar-refractivity contribution is 7.99. The molecule has 9 heteroatoms. The van der Waals surface area contributed by atoms with Crippen molar-refractivity contribution in [2.24, 2.45) is 0 Å². The van der Waals surface area contributed by atoms with E-state index in [9.17, 15) is 4.79 Å². The van der Waals surface area contributed by atoms with E-state index in [1.807, 2.05) is 23.1 Å². The Balaban J connectivity index is 1.22. The molecule has 4 rings (SSSR count). The number of hydrogen-bond acceptors (Lipinski definition) is 7. The Morgan fingerprint density at radius 1 is 1.20 bits per heavy atom. The minimum Gasteiger partial charge on any atom is -0.340 e. The third-order valence-electron chi connectivity index (χ3n) is 4.93. The van der Waals surface area contributed by atoms with Crippen LogP contribution < -0.4 is 0 Å². The minimum absolute atomic E-state index is 0.178. The van der Waals surface area contributed by atoms with E-state index in [1.54, 1.807) is 18.3 Å². The van der Waals surface area contributed by atoms with Crippen LogP contribution in [0.25, 0.3) is 10.4 Å². The van der Waals surface area contributed by atoms with Gasteiger partial charge in [-0.25, -0.2) is 0 Å². The van der Waals surface area contributed by atoms with Crippen molar-refractivity contribution < 1.29 is 9.32 Å². The normalized spacial score (nSPS) is 14.9. The second kappa shape index (κ2) is 9.96. The lowest BCUT2D eigenvalue weighted by Crippen LogP contribution is -2.48. The second-order valence-electron chi connectivity index (χ2n) is 7.13. The van der Waals surface area contributed by atoms with Gasteiger partial charge >= 0.3 is 0 Å². The number of piperazine rings is 1. The maximum absolute atomic E-state index is 12.5. The number of nitrogens with zero attached hydrogens (tertiary/aromatic N) is 4. The lowest BCUT2D eigenvalue weighted by molar-refractivity contribution is -0.130. The molecule has 0 bridgehead atoms. The molecular formula is C21H23ClN4O2S2. The lowest BCUT2D eigenvalue weighted by Gasteiger charge is -2.34. The summed E-state index contributed by atoms with van der Waals surface area (Å²) in [7, 11) is 0. The number of thiophene rings is 1. The molecule has 6 nitrogen and oxygen atoms in total. The van der Waals surface area contributed by atoms with Gasteiger partial charge in [0.2, 0.25) is 11.8 Å². The summed E-state index contributed by atoms with van der Waals surface area (Å²) >= 11 is 9.63. The van der Waals surface area contributed by atoms with Crippen molar-refractivity contribution in [3.8, 4) is 10.4 Å². The molecule has 2 aromatic heterocycles. The Morgan fingerprint density at radius 2 is 2.00 bits per heavy atom. The van der Waals surface area contributed by atoms with Crippen molar-refractivity contribution in [2.75, 3.05) is 31.9 Å². The van der Waals surface area contributed by atoms with E-state index in [0.29, 0.717) is 23.2 Å². The van der Waals surface area contributed by atoms with Gasteiger partial charge in [0.25, 0.3) is 0 Å². The van der Waals surface area contributed by atoms with Crippen LogP contribution in [-0.2, 0) is 17.1 Å². The molecule has 0 radical (unpaired) electrons. The molecule has 1 aliphatic rings. The Labute approximate surface area is 189 Å². The summed E-state index contributed by atoms with van der Waals surface area (Å²) < 4.78 is 4.95. The van der Waals surface area contributed by atoms with Crippen molar-refractivity contribution in [3.05, 3.63) is 58.0 Å². The maximum atomic E-state index is 12.5. The summed E-state index contributed by atoms with van der Waals surface area (Å²) in [6.07, 6.45) is 0. The van der Waals surface area contributed by atoms with Crippen molar-refractivity contribution >= 4 is 40.6 Å². The van der Waals surface area contributed by atoms with Crippen LogP contribution >= 0.6 is 34.7 Å². The molecule has 0 unspecified atom stereocenters. The summed E-state index contributed by atoms with van der Waals surface area (Å²) in [4.78, 5) is 23.5. The number of thioether (sulfide) groups is 1. The van der Waals surface area contributed by atoms with Crippen LogP contribution in [-0.4, -0.2) is 57.8 Å². The molecule has 0 aliphatic carbocycles. The van der Waals surface area contributed by atoms with E-state index in [2.05, 4.69) is 33.2 Å². The number of hydrogen-bond donors (Lipinski definition) is 0. The number of amides is 1. The average molecular weight is 463 g/mol. The number of benzene rings is 1. The Hall–Kier alpha value is -1.87. The van der Waals surface area contributed by atoms with Gasteiger partial charge in [0, 0.05) is 60.0 Å². The lowest BCUT2D eigenvalue weighted by atomic mass is 10.2. The highest BCUT2D eigenvalue weighted by Crippen LogP contribution is 2.33. The van der Waals surface area contributed by atoms with Gasteiger partial charge < -0.3 is 9.42 Å². The smallest absolute Gasteiger partial charge is 0.232 e. The Morgan fingerprint density at radius 3 is 2.73 bits per heavy atom. The number of aryl methyl sites for hydroxylation is 1. The monoisotopic (exact) mass is 462 g/mol. The van der Waals surface area contributed by atoms with Crippen molar-refractivity contribution in [1.29, 1.82) is 0 Å². The highest BCUT2D eigenvalue weighted by Gasteiger charge is 2.21. The van der Waals surface area contributed by atoms with Crippen LogP contribution in [0.3, 0.4) is 0 Å². The molecule has 30 heavy (non-hydrogen) atoms. The van der Waals surface area contributed by atoms with Gasteiger partial charge in [-0.2, -0.15) is 4.98 Å². The topological polar surface area (TPSA) is 62.5 Å². The van der Waals surface area contributed by atoms with Gasteiger partial charge in [0.15, 0.2) is 5.82 Å². The molecule has 3 heterocycles. The molecule has 0 N–H and O–H groups in total. The summed E-state index contributed by atoms with van der Waals surface area (Å²) in [6.45, 7) is 5.98. The largest absolute Gasteiger partial charge is 0.340 e. The standard InChI is InChI=1S/C21H23ClN4O2S2/c1-15-23-20(24-28-15)13-29-14-21(27)26-10-8-25(9-11-26)12-16-6-7-19(30-16)17-4-2-3-5-18(17)22/h2-7H,8-14H2,1H3. The van der Waals surface area contributed by atoms with Crippen LogP contribution in [0.1, 0.15) is 16.6 Å².